The maximum atomic E-state index is 4.96. The highest BCUT2D eigenvalue weighted by atomic mass is 32.1. The summed E-state index contributed by atoms with van der Waals surface area (Å²) < 4.78 is 0. The molecule has 0 unspecified atom stereocenters. The van der Waals surface area contributed by atoms with Gasteiger partial charge in [0, 0.05) is 0 Å². The summed E-state index contributed by atoms with van der Waals surface area (Å²) in [7, 11) is 0. The van der Waals surface area contributed by atoms with E-state index in [2.05, 4.69) is 16.1 Å². The van der Waals surface area contributed by atoms with Gasteiger partial charge in [-0.3, -0.25) is 0 Å². The number of nitrogens with zero attached hydrogens (tertiary/aromatic N) is 2. The Morgan fingerprint density at radius 1 is 1.92 bits per heavy atom. The summed E-state index contributed by atoms with van der Waals surface area (Å²) >= 11 is 1.52. The molecule has 1 aromatic rings. The molecule has 0 saturated carbocycles. The minimum absolute atomic E-state index is 0.203. The largest absolute Gasteiger partial charge is 0.383 e. The molecule has 4 heteroatoms. The van der Waals surface area contributed by atoms with E-state index in [1.165, 1.54) is 11.3 Å². The standard InChI is InChI=1S/C8H8N2OS/c1-3-4-11-10-5-8-7(2)9-6-12-8/h1,5-6H,4H2,2H3/b10-5+. The van der Waals surface area contributed by atoms with Crippen LogP contribution in [-0.4, -0.2) is 17.8 Å². The van der Waals surface area contributed by atoms with E-state index < -0.39 is 0 Å². The fraction of sp³-hybridized carbons (Fsp3) is 0.250. The number of oxime groups is 1. The van der Waals surface area contributed by atoms with Gasteiger partial charge in [-0.2, -0.15) is 0 Å². The summed E-state index contributed by atoms with van der Waals surface area (Å²) in [5.41, 5.74) is 2.71. The number of aryl methyl sites for hydroxylation is 1. The molecular formula is C8H8N2OS. The van der Waals surface area contributed by atoms with Crippen LogP contribution >= 0.6 is 11.3 Å². The summed E-state index contributed by atoms with van der Waals surface area (Å²) in [6, 6.07) is 0. The average molecular weight is 180 g/mol. The van der Waals surface area contributed by atoms with Gasteiger partial charge in [0.25, 0.3) is 0 Å². The van der Waals surface area contributed by atoms with Gasteiger partial charge in [-0.15, -0.1) is 17.8 Å². The summed E-state index contributed by atoms with van der Waals surface area (Å²) in [6.07, 6.45) is 6.57. The van der Waals surface area contributed by atoms with Crippen molar-refractivity contribution in [3.63, 3.8) is 0 Å². The van der Waals surface area contributed by atoms with E-state index in [1.807, 2.05) is 6.92 Å². The molecule has 0 aliphatic carbocycles. The normalized spacial score (nSPS) is 10.0. The summed E-state index contributed by atoms with van der Waals surface area (Å²) in [5, 5.41) is 3.67. The molecule has 0 aliphatic rings. The number of hydrogen-bond donors (Lipinski definition) is 0. The lowest BCUT2D eigenvalue weighted by atomic mass is 10.4. The van der Waals surface area contributed by atoms with Crippen molar-refractivity contribution < 1.29 is 4.84 Å². The summed E-state index contributed by atoms with van der Waals surface area (Å²) in [5.74, 6) is 2.31. The Morgan fingerprint density at radius 2 is 2.75 bits per heavy atom. The van der Waals surface area contributed by atoms with E-state index >= 15 is 0 Å². The lowest BCUT2D eigenvalue weighted by Gasteiger charge is -1.89. The Morgan fingerprint density at radius 3 is 3.33 bits per heavy atom. The molecule has 1 heterocycles. The fourth-order valence-electron chi connectivity index (χ4n) is 0.595. The fourth-order valence-corrected chi connectivity index (χ4v) is 1.25. The number of hydrogen-bond acceptors (Lipinski definition) is 4. The molecule has 12 heavy (non-hydrogen) atoms. The molecule has 1 aromatic heterocycles. The third-order valence-electron chi connectivity index (χ3n) is 1.17. The predicted molar refractivity (Wildman–Crippen MR) is 49.2 cm³/mol. The Balaban J connectivity index is 2.47. The van der Waals surface area contributed by atoms with Crippen LogP contribution in [0, 0.1) is 19.3 Å². The van der Waals surface area contributed by atoms with Crippen LogP contribution in [0.1, 0.15) is 10.6 Å². The molecule has 0 aliphatic heterocycles. The maximum absolute atomic E-state index is 4.96. The van der Waals surface area contributed by atoms with Crippen molar-refractivity contribution in [3.8, 4) is 12.3 Å². The van der Waals surface area contributed by atoms with E-state index in [-0.39, 0.29) is 6.61 Å². The van der Waals surface area contributed by atoms with Crippen LogP contribution in [0.15, 0.2) is 10.7 Å². The van der Waals surface area contributed by atoms with Gasteiger partial charge in [0.15, 0.2) is 6.61 Å². The second kappa shape index (κ2) is 4.52. The van der Waals surface area contributed by atoms with Gasteiger partial charge in [-0.25, -0.2) is 4.98 Å². The number of aromatic nitrogens is 1. The molecule has 0 atom stereocenters. The van der Waals surface area contributed by atoms with Crippen molar-refractivity contribution in [2.75, 3.05) is 6.61 Å². The SMILES string of the molecule is C#CCO/N=C/c1scnc1C. The van der Waals surface area contributed by atoms with Gasteiger partial charge >= 0.3 is 0 Å². The first kappa shape index (κ1) is 8.75. The van der Waals surface area contributed by atoms with Gasteiger partial charge in [0.05, 0.1) is 22.3 Å². The highest BCUT2D eigenvalue weighted by molar-refractivity contribution is 7.11. The number of rotatable bonds is 3. The van der Waals surface area contributed by atoms with Crippen molar-refractivity contribution in [2.45, 2.75) is 6.92 Å². The van der Waals surface area contributed by atoms with Gasteiger partial charge in [0.2, 0.25) is 0 Å². The van der Waals surface area contributed by atoms with Gasteiger partial charge in [-0.05, 0) is 6.92 Å². The maximum Gasteiger partial charge on any atom is 0.177 e. The number of terminal acetylenes is 1. The topological polar surface area (TPSA) is 34.5 Å². The zero-order chi connectivity index (χ0) is 8.81. The molecule has 0 N–H and O–H groups in total. The summed E-state index contributed by atoms with van der Waals surface area (Å²) in [6.45, 7) is 2.12. The zero-order valence-corrected chi connectivity index (χ0v) is 7.47. The molecule has 0 amide bonds. The Bertz CT molecular complexity index is 311. The Hall–Kier alpha value is -1.34. The van der Waals surface area contributed by atoms with Crippen molar-refractivity contribution in [1.29, 1.82) is 0 Å². The van der Waals surface area contributed by atoms with Crippen LogP contribution < -0.4 is 0 Å². The molecule has 0 spiro atoms. The van der Waals surface area contributed by atoms with Crippen LogP contribution in [0.5, 0.6) is 0 Å². The first-order chi connectivity index (χ1) is 5.84. The monoisotopic (exact) mass is 180 g/mol. The van der Waals surface area contributed by atoms with Gasteiger partial charge in [-0.1, -0.05) is 11.1 Å². The first-order valence-corrected chi connectivity index (χ1v) is 4.21. The smallest absolute Gasteiger partial charge is 0.177 e. The average Bonchev–Trinajstić information content (AvgIpc) is 2.46. The first-order valence-electron chi connectivity index (χ1n) is 3.33. The molecule has 3 nitrogen and oxygen atoms in total. The second-order valence-corrected chi connectivity index (χ2v) is 2.90. The third-order valence-corrected chi connectivity index (χ3v) is 2.04. The molecular weight excluding hydrogens is 172 g/mol. The molecule has 0 bridgehead atoms. The lowest BCUT2D eigenvalue weighted by molar-refractivity contribution is 0.182. The molecule has 0 radical (unpaired) electrons. The summed E-state index contributed by atoms with van der Waals surface area (Å²) in [4.78, 5) is 9.76. The molecule has 0 fully saturated rings. The van der Waals surface area contributed by atoms with E-state index in [9.17, 15) is 0 Å². The van der Waals surface area contributed by atoms with Crippen molar-refractivity contribution >= 4 is 17.6 Å². The molecule has 0 saturated heterocycles. The van der Waals surface area contributed by atoms with Crippen molar-refractivity contribution in [3.05, 3.63) is 16.1 Å². The highest BCUT2D eigenvalue weighted by Gasteiger charge is 1.95. The Kier molecular flexibility index (Phi) is 3.30. The molecule has 0 aromatic carbocycles. The van der Waals surface area contributed by atoms with E-state index in [0.717, 1.165) is 10.6 Å². The Labute approximate surface area is 75.1 Å². The molecule has 62 valence electrons. The second-order valence-electron chi connectivity index (χ2n) is 2.01. The van der Waals surface area contributed by atoms with E-state index in [0.29, 0.717) is 0 Å². The lowest BCUT2D eigenvalue weighted by Crippen LogP contribution is -1.84. The van der Waals surface area contributed by atoms with Crippen molar-refractivity contribution in [1.82, 2.24) is 4.98 Å². The minimum Gasteiger partial charge on any atom is -0.383 e. The van der Waals surface area contributed by atoms with E-state index in [1.54, 1.807) is 11.7 Å². The van der Waals surface area contributed by atoms with Crippen molar-refractivity contribution in [2.24, 2.45) is 5.16 Å². The highest BCUT2D eigenvalue weighted by Crippen LogP contribution is 2.08. The zero-order valence-electron chi connectivity index (χ0n) is 6.65. The van der Waals surface area contributed by atoms with E-state index in [4.69, 9.17) is 11.3 Å². The predicted octanol–water partition coefficient (Wildman–Crippen LogP) is 1.44. The van der Waals surface area contributed by atoms with Crippen LogP contribution in [0.2, 0.25) is 0 Å². The van der Waals surface area contributed by atoms with Crippen LogP contribution in [0.4, 0.5) is 0 Å². The van der Waals surface area contributed by atoms with Crippen LogP contribution in [0.3, 0.4) is 0 Å². The van der Waals surface area contributed by atoms with Crippen LogP contribution in [0.25, 0.3) is 0 Å². The number of thiazole rings is 1. The molecule has 1 rings (SSSR count). The third kappa shape index (κ3) is 2.36. The minimum atomic E-state index is 0.203. The van der Waals surface area contributed by atoms with Gasteiger partial charge < -0.3 is 4.84 Å². The van der Waals surface area contributed by atoms with Gasteiger partial charge in [0.1, 0.15) is 0 Å². The van der Waals surface area contributed by atoms with Crippen LogP contribution in [-0.2, 0) is 4.84 Å². The quantitative estimate of drug-likeness (QED) is 0.305.